The van der Waals surface area contributed by atoms with Gasteiger partial charge in [0, 0.05) is 23.7 Å². The molecule has 0 bridgehead atoms. The molecule has 0 N–H and O–H groups in total. The molecule has 0 amide bonds. The molecule has 0 aromatic carbocycles. The number of rotatable bonds is 8. The van der Waals surface area contributed by atoms with Crippen molar-refractivity contribution >= 4 is 27.2 Å². The van der Waals surface area contributed by atoms with Gasteiger partial charge < -0.3 is 0 Å². The molecule has 0 aliphatic carbocycles. The van der Waals surface area contributed by atoms with E-state index >= 15 is 0 Å². The molecule has 0 spiro atoms. The van der Waals surface area contributed by atoms with E-state index in [9.17, 15) is 4.79 Å². The van der Waals surface area contributed by atoms with Crippen LogP contribution in [0.1, 0.15) is 31.2 Å². The zero-order chi connectivity index (χ0) is 14.2. The molecule has 0 saturated carbocycles. The number of hydrogen-bond donors (Lipinski definition) is 0. The second-order valence-corrected chi connectivity index (χ2v) is 7.35. The van der Waals surface area contributed by atoms with Crippen LogP contribution in [0.2, 0.25) is 0 Å². The highest BCUT2D eigenvalue weighted by atomic mass is 33.1. The summed E-state index contributed by atoms with van der Waals surface area (Å²) in [6.07, 6.45) is 11.2. The van der Waals surface area contributed by atoms with E-state index in [0.717, 1.165) is 24.1 Å². The number of hydrogen-bond acceptors (Lipinski definition) is 4. The summed E-state index contributed by atoms with van der Waals surface area (Å²) in [6.45, 7) is 0. The molecule has 5 heteroatoms. The van der Waals surface area contributed by atoms with Gasteiger partial charge in [0.2, 0.25) is 0 Å². The first-order valence-corrected chi connectivity index (χ1v) is 9.66. The maximum Gasteiger partial charge on any atom is 0.261 e. The van der Waals surface area contributed by atoms with Crippen molar-refractivity contribution in [3.05, 3.63) is 46.5 Å². The van der Waals surface area contributed by atoms with E-state index in [1.807, 2.05) is 39.8 Å². The third-order valence-electron chi connectivity index (χ3n) is 3.23. The van der Waals surface area contributed by atoms with Crippen LogP contribution >= 0.6 is 21.6 Å². The number of aromatic nitrogens is 2. The lowest BCUT2D eigenvalue weighted by Gasteiger charge is -2.04. The molecule has 20 heavy (non-hydrogen) atoms. The smallest absolute Gasteiger partial charge is 0.261 e. The number of unbranched alkanes of at least 4 members (excludes halogenated alkanes) is 3. The number of pyridine rings is 1. The minimum atomic E-state index is 0.0774. The standard InChI is InChI=1S/C15H20N2OS2/c1-19-20-11-7-3-2-4-8-13-12-16-14-9-5-6-10-17(14)15(13)18/h5-6,9-10,12H,2-4,7-8,11H2,1H3. The second-order valence-electron chi connectivity index (χ2n) is 4.67. The molecule has 2 rings (SSSR count). The van der Waals surface area contributed by atoms with E-state index < -0.39 is 0 Å². The maximum atomic E-state index is 12.3. The third-order valence-corrected chi connectivity index (χ3v) is 5.12. The molecule has 0 aliphatic heterocycles. The average molecular weight is 308 g/mol. The van der Waals surface area contributed by atoms with E-state index in [1.165, 1.54) is 25.0 Å². The Morgan fingerprint density at radius 1 is 1.20 bits per heavy atom. The molecule has 0 saturated heterocycles. The molecule has 2 aromatic rings. The minimum absolute atomic E-state index is 0.0774. The van der Waals surface area contributed by atoms with Crippen molar-refractivity contribution in [1.29, 1.82) is 0 Å². The van der Waals surface area contributed by atoms with E-state index in [1.54, 1.807) is 16.8 Å². The van der Waals surface area contributed by atoms with Gasteiger partial charge in [-0.05, 0) is 37.7 Å². The minimum Gasteiger partial charge on any atom is -0.269 e. The third kappa shape index (κ3) is 4.28. The van der Waals surface area contributed by atoms with Crippen molar-refractivity contribution in [3.63, 3.8) is 0 Å². The largest absolute Gasteiger partial charge is 0.269 e. The van der Waals surface area contributed by atoms with Gasteiger partial charge in [0.1, 0.15) is 5.65 Å². The van der Waals surface area contributed by atoms with Crippen molar-refractivity contribution in [2.45, 2.75) is 32.1 Å². The highest BCUT2D eigenvalue weighted by molar-refractivity contribution is 8.76. The fourth-order valence-corrected chi connectivity index (χ4v) is 3.49. The zero-order valence-electron chi connectivity index (χ0n) is 11.7. The van der Waals surface area contributed by atoms with Crippen LogP contribution in [0.25, 0.3) is 5.65 Å². The summed E-state index contributed by atoms with van der Waals surface area (Å²) in [5.41, 5.74) is 1.62. The van der Waals surface area contributed by atoms with Gasteiger partial charge in [-0.1, -0.05) is 40.5 Å². The van der Waals surface area contributed by atoms with Gasteiger partial charge in [-0.2, -0.15) is 0 Å². The van der Waals surface area contributed by atoms with Crippen LogP contribution < -0.4 is 5.56 Å². The number of aryl methyl sites for hydroxylation is 1. The first-order chi connectivity index (χ1) is 9.83. The summed E-state index contributed by atoms with van der Waals surface area (Å²) in [6, 6.07) is 5.62. The summed E-state index contributed by atoms with van der Waals surface area (Å²) in [5.74, 6) is 1.22. The highest BCUT2D eigenvalue weighted by Gasteiger charge is 2.03. The Balaban J connectivity index is 1.84. The lowest BCUT2D eigenvalue weighted by molar-refractivity contribution is 0.666. The predicted molar refractivity (Wildman–Crippen MR) is 89.6 cm³/mol. The van der Waals surface area contributed by atoms with Gasteiger partial charge >= 0.3 is 0 Å². The molecule has 0 fully saturated rings. The van der Waals surface area contributed by atoms with Gasteiger partial charge in [0.05, 0.1) is 0 Å². The Labute approximate surface area is 127 Å². The lowest BCUT2D eigenvalue weighted by Crippen LogP contribution is -2.19. The molecule has 0 aliphatic rings. The van der Waals surface area contributed by atoms with E-state index in [2.05, 4.69) is 11.2 Å². The van der Waals surface area contributed by atoms with Crippen LogP contribution in [-0.4, -0.2) is 21.4 Å². The van der Waals surface area contributed by atoms with Gasteiger partial charge in [-0.3, -0.25) is 9.20 Å². The average Bonchev–Trinajstić information content (AvgIpc) is 2.49. The normalized spacial score (nSPS) is 11.1. The van der Waals surface area contributed by atoms with Crippen molar-refractivity contribution < 1.29 is 0 Å². The summed E-state index contributed by atoms with van der Waals surface area (Å²) < 4.78 is 1.63. The summed E-state index contributed by atoms with van der Waals surface area (Å²) in [7, 11) is 3.75. The molecule has 0 radical (unpaired) electrons. The number of fused-ring (bicyclic) bond motifs is 1. The van der Waals surface area contributed by atoms with Crippen LogP contribution in [0.5, 0.6) is 0 Å². The molecular weight excluding hydrogens is 288 g/mol. The monoisotopic (exact) mass is 308 g/mol. The Morgan fingerprint density at radius 3 is 2.90 bits per heavy atom. The topological polar surface area (TPSA) is 34.4 Å². The molecule has 108 valence electrons. The van der Waals surface area contributed by atoms with Crippen molar-refractivity contribution in [2.75, 3.05) is 12.0 Å². The molecule has 2 heterocycles. The predicted octanol–water partition coefficient (Wildman–Crippen LogP) is 3.81. The summed E-state index contributed by atoms with van der Waals surface area (Å²) in [5, 5.41) is 0. The Hall–Kier alpha value is -0.940. The Kier molecular flexibility index (Phi) is 6.47. The SMILES string of the molecule is CSSCCCCCCc1cnc2ccccn2c1=O. The highest BCUT2D eigenvalue weighted by Crippen LogP contribution is 2.19. The van der Waals surface area contributed by atoms with E-state index in [-0.39, 0.29) is 5.56 Å². The molecule has 3 nitrogen and oxygen atoms in total. The Morgan fingerprint density at radius 2 is 2.05 bits per heavy atom. The summed E-state index contributed by atoms with van der Waals surface area (Å²) in [4.78, 5) is 16.6. The second kappa shape index (κ2) is 8.37. The van der Waals surface area contributed by atoms with Crippen molar-refractivity contribution in [2.24, 2.45) is 0 Å². The van der Waals surface area contributed by atoms with E-state index in [0.29, 0.717) is 0 Å². The lowest BCUT2D eigenvalue weighted by atomic mass is 10.1. The van der Waals surface area contributed by atoms with Gasteiger partial charge in [0.15, 0.2) is 0 Å². The van der Waals surface area contributed by atoms with Gasteiger partial charge in [0.25, 0.3) is 5.56 Å². The molecule has 0 unspecified atom stereocenters. The van der Waals surface area contributed by atoms with Crippen LogP contribution in [0.3, 0.4) is 0 Å². The first-order valence-electron chi connectivity index (χ1n) is 6.94. The molecule has 0 atom stereocenters. The Bertz CT molecular complexity index is 598. The molecular formula is C15H20N2OS2. The van der Waals surface area contributed by atoms with Crippen LogP contribution in [0, 0.1) is 0 Å². The van der Waals surface area contributed by atoms with E-state index in [4.69, 9.17) is 0 Å². The van der Waals surface area contributed by atoms with Crippen LogP contribution in [-0.2, 0) is 6.42 Å². The quantitative estimate of drug-likeness (QED) is 0.548. The van der Waals surface area contributed by atoms with Gasteiger partial charge in [-0.25, -0.2) is 4.98 Å². The van der Waals surface area contributed by atoms with Gasteiger partial charge in [-0.15, -0.1) is 0 Å². The summed E-state index contributed by atoms with van der Waals surface area (Å²) >= 11 is 0. The maximum absolute atomic E-state index is 12.3. The fraction of sp³-hybridized carbons (Fsp3) is 0.467. The first kappa shape index (κ1) is 15.4. The fourth-order valence-electron chi connectivity index (χ4n) is 2.15. The van der Waals surface area contributed by atoms with Crippen LogP contribution in [0.4, 0.5) is 0 Å². The number of nitrogens with zero attached hydrogens (tertiary/aromatic N) is 2. The molecule has 2 aromatic heterocycles. The van der Waals surface area contributed by atoms with Crippen LogP contribution in [0.15, 0.2) is 35.4 Å². The van der Waals surface area contributed by atoms with Crippen molar-refractivity contribution in [1.82, 2.24) is 9.38 Å². The zero-order valence-corrected chi connectivity index (χ0v) is 13.4. The van der Waals surface area contributed by atoms with Crippen molar-refractivity contribution in [3.8, 4) is 0 Å².